The normalized spacial score (nSPS) is 15.1. The van der Waals surface area contributed by atoms with Crippen LogP contribution in [0.1, 0.15) is 11.1 Å². The molecule has 29 heavy (non-hydrogen) atoms. The molecule has 0 atom stereocenters. The molecule has 1 aromatic heterocycles. The Morgan fingerprint density at radius 1 is 1.14 bits per heavy atom. The molecule has 0 spiro atoms. The summed E-state index contributed by atoms with van der Waals surface area (Å²) in [5.41, 5.74) is 5.15. The highest BCUT2D eigenvalue weighted by Crippen LogP contribution is 2.27. The summed E-state index contributed by atoms with van der Waals surface area (Å²) in [5, 5.41) is 8.18. The van der Waals surface area contributed by atoms with Crippen molar-refractivity contribution < 1.29 is 4.79 Å². The minimum absolute atomic E-state index is 0.169. The highest BCUT2D eigenvalue weighted by atomic mass is 32.1. The summed E-state index contributed by atoms with van der Waals surface area (Å²) >= 11 is 5.28. The molecule has 0 bridgehead atoms. The molecule has 1 amide bonds. The summed E-state index contributed by atoms with van der Waals surface area (Å²) in [4.78, 5) is 14.2. The second-order valence-corrected chi connectivity index (χ2v) is 7.16. The van der Waals surface area contributed by atoms with Gasteiger partial charge in [-0.3, -0.25) is 9.69 Å². The zero-order valence-corrected chi connectivity index (χ0v) is 16.8. The molecule has 2 heterocycles. The van der Waals surface area contributed by atoms with Crippen LogP contribution in [0.15, 0.2) is 79.1 Å². The lowest BCUT2D eigenvalue weighted by molar-refractivity contribution is -0.122. The maximum absolute atomic E-state index is 12.7. The smallest absolute Gasteiger partial charge is 0.276 e. The van der Waals surface area contributed by atoms with Gasteiger partial charge in [-0.2, -0.15) is 5.10 Å². The monoisotopic (exact) mass is 400 g/mol. The second kappa shape index (κ2) is 7.85. The zero-order chi connectivity index (χ0) is 20.4. The lowest BCUT2D eigenvalue weighted by Crippen LogP contribution is -2.30. The number of aryl methyl sites for hydroxylation is 1. The van der Waals surface area contributed by atoms with Crippen molar-refractivity contribution in [2.75, 3.05) is 6.54 Å². The van der Waals surface area contributed by atoms with Gasteiger partial charge in [0.05, 0.1) is 5.69 Å². The number of hydrogen-bond acceptors (Lipinski definition) is 3. The van der Waals surface area contributed by atoms with Gasteiger partial charge in [0.1, 0.15) is 11.4 Å². The van der Waals surface area contributed by atoms with Crippen molar-refractivity contribution in [3.05, 3.63) is 90.3 Å². The summed E-state index contributed by atoms with van der Waals surface area (Å²) in [5.74, 6) is -0.169. The van der Waals surface area contributed by atoms with E-state index in [1.807, 2.05) is 72.4 Å². The molecular formula is C23H20N4OS. The van der Waals surface area contributed by atoms with Crippen LogP contribution in [0.2, 0.25) is 0 Å². The molecule has 2 aromatic carbocycles. The average molecular weight is 401 g/mol. The van der Waals surface area contributed by atoms with E-state index in [-0.39, 0.29) is 5.91 Å². The van der Waals surface area contributed by atoms with Crippen molar-refractivity contribution in [1.29, 1.82) is 0 Å². The maximum Gasteiger partial charge on any atom is 0.276 e. The third-order valence-electron chi connectivity index (χ3n) is 4.66. The number of nitrogens with zero attached hydrogens (tertiary/aromatic N) is 3. The van der Waals surface area contributed by atoms with Gasteiger partial charge in [-0.15, -0.1) is 6.58 Å². The van der Waals surface area contributed by atoms with E-state index in [0.717, 1.165) is 22.5 Å². The Kier molecular flexibility index (Phi) is 5.10. The highest BCUT2D eigenvalue weighted by molar-refractivity contribution is 7.80. The fourth-order valence-corrected chi connectivity index (χ4v) is 3.43. The van der Waals surface area contributed by atoms with Crippen molar-refractivity contribution in [3.8, 4) is 16.9 Å². The first-order chi connectivity index (χ1) is 14.1. The Morgan fingerprint density at radius 2 is 1.86 bits per heavy atom. The number of hydrogen-bond donors (Lipinski definition) is 1. The summed E-state index contributed by atoms with van der Waals surface area (Å²) in [6, 6.07) is 18.0. The Hall–Kier alpha value is -3.51. The molecule has 1 fully saturated rings. The van der Waals surface area contributed by atoms with E-state index in [1.54, 1.807) is 12.2 Å². The molecule has 1 saturated heterocycles. The molecule has 144 valence electrons. The summed E-state index contributed by atoms with van der Waals surface area (Å²) in [6.45, 7) is 6.10. The number of thiocarbonyl (C=S) groups is 1. The van der Waals surface area contributed by atoms with Crippen molar-refractivity contribution in [3.63, 3.8) is 0 Å². The van der Waals surface area contributed by atoms with Crippen LogP contribution in [-0.4, -0.2) is 32.2 Å². The first kappa shape index (κ1) is 18.8. The molecule has 4 rings (SSSR count). The number of amides is 1. The number of para-hydroxylation sites is 1. The van der Waals surface area contributed by atoms with E-state index in [4.69, 9.17) is 17.3 Å². The molecule has 1 N–H and O–H groups in total. The lowest BCUT2D eigenvalue weighted by Gasteiger charge is -2.09. The van der Waals surface area contributed by atoms with Gasteiger partial charge in [0.25, 0.3) is 5.91 Å². The van der Waals surface area contributed by atoms with E-state index < -0.39 is 0 Å². The third-order valence-corrected chi connectivity index (χ3v) is 4.98. The van der Waals surface area contributed by atoms with Gasteiger partial charge in [-0.05, 0) is 37.4 Å². The Labute approximate surface area is 175 Å². The Bertz CT molecular complexity index is 1110. The predicted octanol–water partition coefficient (Wildman–Crippen LogP) is 4.09. The van der Waals surface area contributed by atoms with Gasteiger partial charge in [-0.1, -0.05) is 54.1 Å². The number of nitrogens with one attached hydrogen (secondary N) is 1. The molecule has 6 heteroatoms. The number of benzene rings is 2. The fraction of sp³-hybridized carbons (Fsp3) is 0.0870. The molecule has 1 aliphatic heterocycles. The topological polar surface area (TPSA) is 50.2 Å². The van der Waals surface area contributed by atoms with Crippen LogP contribution in [0.3, 0.4) is 0 Å². The number of carbonyl (C=O) groups excluding carboxylic acids is 1. The molecule has 3 aromatic rings. The minimum atomic E-state index is -0.169. The molecule has 5 nitrogen and oxygen atoms in total. The van der Waals surface area contributed by atoms with Crippen LogP contribution in [0.25, 0.3) is 23.0 Å². The third kappa shape index (κ3) is 3.75. The minimum Gasteiger partial charge on any atom is -0.328 e. The van der Waals surface area contributed by atoms with E-state index in [2.05, 4.69) is 11.9 Å². The molecule has 0 aliphatic carbocycles. The van der Waals surface area contributed by atoms with Crippen LogP contribution >= 0.6 is 12.2 Å². The number of aromatic nitrogens is 2. The van der Waals surface area contributed by atoms with Gasteiger partial charge in [0, 0.05) is 23.9 Å². The molecule has 0 radical (unpaired) electrons. The average Bonchev–Trinajstić information content (AvgIpc) is 3.26. The first-order valence-electron chi connectivity index (χ1n) is 9.24. The Morgan fingerprint density at radius 3 is 2.55 bits per heavy atom. The van der Waals surface area contributed by atoms with Crippen LogP contribution in [0, 0.1) is 6.92 Å². The quantitative estimate of drug-likeness (QED) is 0.398. The maximum atomic E-state index is 12.7. The summed E-state index contributed by atoms with van der Waals surface area (Å²) in [7, 11) is 0. The van der Waals surface area contributed by atoms with E-state index >= 15 is 0 Å². The van der Waals surface area contributed by atoms with Gasteiger partial charge in [0.15, 0.2) is 5.11 Å². The fourth-order valence-electron chi connectivity index (χ4n) is 3.16. The highest BCUT2D eigenvalue weighted by Gasteiger charge is 2.30. The predicted molar refractivity (Wildman–Crippen MR) is 119 cm³/mol. The standard InChI is InChI=1S/C23H20N4OS/c1-3-13-26-22(28)20(24-23(26)29)14-18-15-27(19-7-5-4-6-8-19)25-21(18)17-11-9-16(2)10-12-17/h3-12,14-15H,1,13H2,2H3,(H,24,29)/b20-14-. The lowest BCUT2D eigenvalue weighted by atomic mass is 10.1. The van der Waals surface area contributed by atoms with Gasteiger partial charge < -0.3 is 5.32 Å². The van der Waals surface area contributed by atoms with Crippen molar-refractivity contribution >= 4 is 29.3 Å². The van der Waals surface area contributed by atoms with E-state index in [0.29, 0.717) is 17.4 Å². The molecule has 1 aliphatic rings. The van der Waals surface area contributed by atoms with Crippen molar-refractivity contribution in [1.82, 2.24) is 20.0 Å². The zero-order valence-electron chi connectivity index (χ0n) is 16.0. The summed E-state index contributed by atoms with van der Waals surface area (Å²) in [6.07, 6.45) is 5.38. The second-order valence-electron chi connectivity index (χ2n) is 6.77. The molecule has 0 saturated carbocycles. The number of carbonyl (C=O) groups is 1. The van der Waals surface area contributed by atoms with Crippen LogP contribution < -0.4 is 5.32 Å². The Balaban J connectivity index is 1.80. The van der Waals surface area contributed by atoms with Crippen molar-refractivity contribution in [2.45, 2.75) is 6.92 Å². The van der Waals surface area contributed by atoms with Gasteiger partial charge in [0.2, 0.25) is 0 Å². The van der Waals surface area contributed by atoms with E-state index in [1.165, 1.54) is 10.5 Å². The van der Waals surface area contributed by atoms with Gasteiger partial charge >= 0.3 is 0 Å². The van der Waals surface area contributed by atoms with Crippen molar-refractivity contribution in [2.24, 2.45) is 0 Å². The SMILES string of the molecule is C=CCN1C(=O)/C(=C/c2cn(-c3ccccc3)nc2-c2ccc(C)cc2)NC1=S. The first-order valence-corrected chi connectivity index (χ1v) is 9.65. The largest absolute Gasteiger partial charge is 0.328 e. The van der Waals surface area contributed by atoms with Crippen LogP contribution in [0.5, 0.6) is 0 Å². The summed E-state index contributed by atoms with van der Waals surface area (Å²) < 4.78 is 1.82. The van der Waals surface area contributed by atoms with Gasteiger partial charge in [-0.25, -0.2) is 4.68 Å². The number of rotatable bonds is 5. The molecule has 0 unspecified atom stereocenters. The van der Waals surface area contributed by atoms with Crippen LogP contribution in [-0.2, 0) is 4.79 Å². The van der Waals surface area contributed by atoms with E-state index in [9.17, 15) is 4.79 Å². The molecular weight excluding hydrogens is 380 g/mol. The van der Waals surface area contributed by atoms with Crippen LogP contribution in [0.4, 0.5) is 0 Å².